The highest BCUT2D eigenvalue weighted by atomic mass is 35.5. The van der Waals surface area contributed by atoms with Crippen molar-refractivity contribution in [3.63, 3.8) is 0 Å². The molecule has 118 valence electrons. The van der Waals surface area contributed by atoms with Crippen molar-refractivity contribution >= 4 is 49.4 Å². The number of halogens is 1. The van der Waals surface area contributed by atoms with E-state index in [1.807, 2.05) is 0 Å². The van der Waals surface area contributed by atoms with Gasteiger partial charge in [0, 0.05) is 29.2 Å². The van der Waals surface area contributed by atoms with Gasteiger partial charge in [0.15, 0.2) is 20.9 Å². The van der Waals surface area contributed by atoms with Crippen LogP contribution in [0.5, 0.6) is 0 Å². The minimum Gasteiger partial charge on any atom is -0.294 e. The first-order valence-corrected chi connectivity index (χ1v) is 9.50. The molecule has 9 heteroatoms. The lowest BCUT2D eigenvalue weighted by Crippen LogP contribution is -2.15. The van der Waals surface area contributed by atoms with Crippen LogP contribution in [0.15, 0.2) is 34.8 Å². The summed E-state index contributed by atoms with van der Waals surface area (Å²) in [6.45, 7) is 0. The molecule has 1 aliphatic carbocycles. The van der Waals surface area contributed by atoms with Crippen molar-refractivity contribution in [2.75, 3.05) is 4.72 Å². The summed E-state index contributed by atoms with van der Waals surface area (Å²) in [5.41, 5.74) is 1.85. The molecule has 0 spiro atoms. The molecular weight excluding hydrogens is 358 g/mol. The molecular formula is C14H10ClN3O3S2. The van der Waals surface area contributed by atoms with Crippen LogP contribution in [-0.4, -0.2) is 23.6 Å². The maximum atomic E-state index is 12.6. The van der Waals surface area contributed by atoms with Crippen LogP contribution in [0.2, 0.25) is 5.15 Å². The first-order chi connectivity index (χ1) is 11.0. The molecule has 0 saturated heterocycles. The number of thiazole rings is 1. The second-order valence-corrected chi connectivity index (χ2v) is 7.99. The Bertz CT molecular complexity index is 1050. The van der Waals surface area contributed by atoms with Gasteiger partial charge in [-0.15, -0.1) is 11.3 Å². The summed E-state index contributed by atoms with van der Waals surface area (Å²) in [5, 5.41) is 1.54. The number of anilines is 1. The molecule has 0 bridgehead atoms. The zero-order chi connectivity index (χ0) is 16.2. The lowest BCUT2D eigenvalue weighted by molar-refractivity contribution is 0.0994. The van der Waals surface area contributed by atoms with Crippen molar-refractivity contribution in [2.24, 2.45) is 0 Å². The smallest absolute Gasteiger partial charge is 0.281 e. The molecule has 0 radical (unpaired) electrons. The van der Waals surface area contributed by atoms with Crippen molar-refractivity contribution in [1.82, 2.24) is 9.38 Å². The van der Waals surface area contributed by atoms with Gasteiger partial charge in [-0.1, -0.05) is 17.7 Å². The SMILES string of the molecule is O=C1CCc2ccc(NS(=O)(=O)c3c(Cl)nc4sccn34)cc21. The summed E-state index contributed by atoms with van der Waals surface area (Å²) in [5.74, 6) is 0.0312. The third kappa shape index (κ3) is 2.34. The van der Waals surface area contributed by atoms with E-state index in [0.29, 0.717) is 29.1 Å². The molecule has 4 rings (SSSR count). The Balaban J connectivity index is 1.76. The molecule has 1 N–H and O–H groups in total. The Kier molecular flexibility index (Phi) is 3.22. The van der Waals surface area contributed by atoms with E-state index < -0.39 is 10.0 Å². The number of carbonyl (C=O) groups is 1. The monoisotopic (exact) mass is 367 g/mol. The third-order valence-electron chi connectivity index (χ3n) is 3.72. The summed E-state index contributed by atoms with van der Waals surface area (Å²) in [7, 11) is -3.92. The molecule has 23 heavy (non-hydrogen) atoms. The molecule has 0 aliphatic heterocycles. The molecule has 6 nitrogen and oxygen atoms in total. The molecule has 0 saturated carbocycles. The van der Waals surface area contributed by atoms with Crippen LogP contribution >= 0.6 is 22.9 Å². The molecule has 0 atom stereocenters. The average molecular weight is 368 g/mol. The zero-order valence-electron chi connectivity index (χ0n) is 11.6. The van der Waals surface area contributed by atoms with E-state index in [-0.39, 0.29) is 16.0 Å². The quantitative estimate of drug-likeness (QED) is 0.771. The van der Waals surface area contributed by atoms with E-state index in [2.05, 4.69) is 9.71 Å². The van der Waals surface area contributed by atoms with Crippen LogP contribution in [0.3, 0.4) is 0 Å². The highest BCUT2D eigenvalue weighted by Crippen LogP contribution is 2.29. The van der Waals surface area contributed by atoms with Crippen molar-refractivity contribution in [3.8, 4) is 0 Å². The molecule has 3 aromatic rings. The number of rotatable bonds is 3. The van der Waals surface area contributed by atoms with Crippen LogP contribution < -0.4 is 4.72 Å². The van der Waals surface area contributed by atoms with Crippen LogP contribution in [0.1, 0.15) is 22.3 Å². The van der Waals surface area contributed by atoms with Crippen LogP contribution in [0.4, 0.5) is 5.69 Å². The number of hydrogen-bond donors (Lipinski definition) is 1. The number of sulfonamides is 1. The number of benzene rings is 1. The van der Waals surface area contributed by atoms with E-state index in [1.54, 1.807) is 29.8 Å². The molecule has 2 aromatic heterocycles. The second kappa shape index (κ2) is 5.05. The number of nitrogens with zero attached hydrogens (tertiary/aromatic N) is 2. The van der Waals surface area contributed by atoms with E-state index in [0.717, 1.165) is 5.56 Å². The first kappa shape index (κ1) is 14.7. The van der Waals surface area contributed by atoms with E-state index >= 15 is 0 Å². The maximum Gasteiger partial charge on any atom is 0.281 e. The van der Waals surface area contributed by atoms with Gasteiger partial charge < -0.3 is 0 Å². The highest BCUT2D eigenvalue weighted by molar-refractivity contribution is 7.92. The van der Waals surface area contributed by atoms with Gasteiger partial charge in [0.05, 0.1) is 0 Å². The summed E-state index contributed by atoms with van der Waals surface area (Å²) in [4.78, 5) is 16.3. The van der Waals surface area contributed by atoms with Gasteiger partial charge in [-0.05, 0) is 24.1 Å². The summed E-state index contributed by atoms with van der Waals surface area (Å²) < 4.78 is 29.2. The third-order valence-corrected chi connectivity index (χ3v) is 6.25. The lowest BCUT2D eigenvalue weighted by atomic mass is 10.1. The summed E-state index contributed by atoms with van der Waals surface area (Å²) in [6.07, 6.45) is 2.76. The van der Waals surface area contributed by atoms with Gasteiger partial charge in [0.1, 0.15) is 0 Å². The van der Waals surface area contributed by atoms with E-state index in [9.17, 15) is 13.2 Å². The zero-order valence-corrected chi connectivity index (χ0v) is 14.0. The number of aromatic nitrogens is 2. The standard InChI is InChI=1S/C14H10ClN3O3S2/c15-12-13(18-5-6-22-14(18)16-12)23(20,21)17-9-3-1-8-2-4-11(19)10(8)7-9/h1,3,5-7,17H,2,4H2. The van der Waals surface area contributed by atoms with Crippen molar-refractivity contribution < 1.29 is 13.2 Å². The Morgan fingerprint density at radius 3 is 2.96 bits per heavy atom. The minimum absolute atomic E-state index is 0.0312. The van der Waals surface area contributed by atoms with Gasteiger partial charge in [0.2, 0.25) is 0 Å². The Morgan fingerprint density at radius 1 is 1.30 bits per heavy atom. The number of ketones is 1. The van der Waals surface area contributed by atoms with Gasteiger partial charge in [0.25, 0.3) is 10.0 Å². The normalized spacial score (nSPS) is 14.4. The first-order valence-electron chi connectivity index (χ1n) is 6.76. The fourth-order valence-corrected chi connectivity index (χ4v) is 5.19. The largest absolute Gasteiger partial charge is 0.294 e. The van der Waals surface area contributed by atoms with Gasteiger partial charge in [-0.25, -0.2) is 4.98 Å². The fourth-order valence-electron chi connectivity index (χ4n) is 2.68. The number of Topliss-reactive ketones (excluding diaryl/α,β-unsaturated/α-hetero) is 1. The molecule has 0 amide bonds. The second-order valence-electron chi connectivity index (χ2n) is 5.16. The average Bonchev–Trinajstić information content (AvgIpc) is 3.13. The predicted octanol–water partition coefficient (Wildman–Crippen LogP) is 2.98. The number of carbonyl (C=O) groups excluding carboxylic acids is 1. The molecule has 2 heterocycles. The Morgan fingerprint density at radius 2 is 2.13 bits per heavy atom. The number of aryl methyl sites for hydroxylation is 1. The van der Waals surface area contributed by atoms with Crippen LogP contribution in [0, 0.1) is 0 Å². The topological polar surface area (TPSA) is 80.5 Å². The van der Waals surface area contributed by atoms with Gasteiger partial charge in [-0.3, -0.25) is 13.9 Å². The molecule has 0 fully saturated rings. The van der Waals surface area contributed by atoms with Crippen LogP contribution in [-0.2, 0) is 16.4 Å². The minimum atomic E-state index is -3.92. The van der Waals surface area contributed by atoms with Crippen molar-refractivity contribution in [2.45, 2.75) is 17.9 Å². The highest BCUT2D eigenvalue weighted by Gasteiger charge is 2.26. The maximum absolute atomic E-state index is 12.6. The molecule has 1 aromatic carbocycles. The lowest BCUT2D eigenvalue weighted by Gasteiger charge is -2.09. The van der Waals surface area contributed by atoms with Gasteiger partial charge in [-0.2, -0.15) is 8.42 Å². The van der Waals surface area contributed by atoms with Crippen LogP contribution in [0.25, 0.3) is 4.96 Å². The number of hydrogen-bond acceptors (Lipinski definition) is 5. The number of nitrogens with one attached hydrogen (secondary N) is 1. The molecule has 0 unspecified atom stereocenters. The van der Waals surface area contributed by atoms with E-state index in [4.69, 9.17) is 11.6 Å². The molecule has 1 aliphatic rings. The number of fused-ring (bicyclic) bond motifs is 2. The predicted molar refractivity (Wildman–Crippen MR) is 88.0 cm³/mol. The number of imidazole rings is 1. The Labute approximate surface area is 140 Å². The Hall–Kier alpha value is -1.90. The van der Waals surface area contributed by atoms with E-state index in [1.165, 1.54) is 15.7 Å². The summed E-state index contributed by atoms with van der Waals surface area (Å²) in [6, 6.07) is 4.99. The van der Waals surface area contributed by atoms with Crippen molar-refractivity contribution in [3.05, 3.63) is 46.1 Å². The van der Waals surface area contributed by atoms with Crippen molar-refractivity contribution in [1.29, 1.82) is 0 Å². The summed E-state index contributed by atoms with van der Waals surface area (Å²) >= 11 is 7.27. The van der Waals surface area contributed by atoms with Gasteiger partial charge >= 0.3 is 0 Å². The fraction of sp³-hybridized carbons (Fsp3) is 0.143.